The Labute approximate surface area is 125 Å². The third-order valence-electron chi connectivity index (χ3n) is 3.61. The van der Waals surface area contributed by atoms with E-state index < -0.39 is 0 Å². The van der Waals surface area contributed by atoms with E-state index in [1.54, 1.807) is 0 Å². The van der Waals surface area contributed by atoms with Crippen LogP contribution >= 0.6 is 15.9 Å². The molecule has 0 radical (unpaired) electrons. The van der Waals surface area contributed by atoms with E-state index in [9.17, 15) is 0 Å². The number of hydrogen-bond donors (Lipinski definition) is 1. The minimum atomic E-state index is 0.570. The first-order valence-electron chi connectivity index (χ1n) is 7.23. The zero-order valence-electron chi connectivity index (χ0n) is 12.1. The molecule has 0 fully saturated rings. The summed E-state index contributed by atoms with van der Waals surface area (Å²) in [4.78, 5) is 0. The van der Waals surface area contributed by atoms with Gasteiger partial charge in [0.25, 0.3) is 0 Å². The van der Waals surface area contributed by atoms with Gasteiger partial charge in [-0.05, 0) is 48.6 Å². The summed E-state index contributed by atoms with van der Waals surface area (Å²) in [6.07, 6.45) is 3.35. The minimum Gasteiger partial charge on any atom is -0.493 e. The van der Waals surface area contributed by atoms with Crippen molar-refractivity contribution in [2.45, 2.75) is 46.1 Å². The smallest absolute Gasteiger partial charge is 0.125 e. The molecule has 19 heavy (non-hydrogen) atoms. The van der Waals surface area contributed by atoms with Gasteiger partial charge in [0.05, 0.1) is 6.61 Å². The van der Waals surface area contributed by atoms with Gasteiger partial charge in [-0.25, -0.2) is 0 Å². The predicted molar refractivity (Wildman–Crippen MR) is 84.0 cm³/mol. The number of nitrogens with one attached hydrogen (secondary N) is 1. The van der Waals surface area contributed by atoms with Crippen molar-refractivity contribution in [2.24, 2.45) is 5.92 Å². The first-order chi connectivity index (χ1) is 9.06. The Kier molecular flexibility index (Phi) is 5.28. The van der Waals surface area contributed by atoms with Gasteiger partial charge in [0.2, 0.25) is 0 Å². The van der Waals surface area contributed by atoms with Crippen LogP contribution in [0, 0.1) is 5.92 Å². The molecule has 0 amide bonds. The normalized spacial score (nSPS) is 15.4. The van der Waals surface area contributed by atoms with Crippen molar-refractivity contribution < 1.29 is 4.74 Å². The number of halogens is 1. The van der Waals surface area contributed by atoms with Crippen LogP contribution in [0.15, 0.2) is 16.6 Å². The molecule has 3 heteroatoms. The van der Waals surface area contributed by atoms with Gasteiger partial charge in [0.1, 0.15) is 5.75 Å². The van der Waals surface area contributed by atoms with Gasteiger partial charge in [0.15, 0.2) is 0 Å². The van der Waals surface area contributed by atoms with Gasteiger partial charge in [-0.3, -0.25) is 0 Å². The summed E-state index contributed by atoms with van der Waals surface area (Å²) in [7, 11) is 0. The summed E-state index contributed by atoms with van der Waals surface area (Å²) in [5, 5.41) is 3.50. The van der Waals surface area contributed by atoms with E-state index in [1.165, 1.54) is 22.0 Å². The second kappa shape index (κ2) is 6.76. The maximum Gasteiger partial charge on any atom is 0.125 e. The molecule has 1 aromatic carbocycles. The summed E-state index contributed by atoms with van der Waals surface area (Å²) in [5.74, 6) is 1.84. The number of ether oxygens (including phenoxy) is 1. The molecule has 1 aromatic rings. The van der Waals surface area contributed by atoms with E-state index in [2.05, 4.69) is 54.2 Å². The molecule has 0 saturated heterocycles. The standard InChI is InChI=1S/C16H24BrNO/c1-11(2)18-10-12(3)4-5-13-8-15(17)9-14-6-7-19-16(13)14/h8-9,11-12,18H,4-7,10H2,1-3H3. The van der Waals surface area contributed by atoms with Crippen LogP contribution in [0.3, 0.4) is 0 Å². The summed E-state index contributed by atoms with van der Waals surface area (Å²) in [6.45, 7) is 8.63. The highest BCUT2D eigenvalue weighted by molar-refractivity contribution is 9.10. The topological polar surface area (TPSA) is 21.3 Å². The van der Waals surface area contributed by atoms with Gasteiger partial charge in [0, 0.05) is 16.9 Å². The largest absolute Gasteiger partial charge is 0.493 e. The van der Waals surface area contributed by atoms with Crippen LogP contribution in [0.5, 0.6) is 5.75 Å². The summed E-state index contributed by atoms with van der Waals surface area (Å²) in [6, 6.07) is 4.98. The van der Waals surface area contributed by atoms with Crippen LogP contribution in [-0.2, 0) is 12.8 Å². The summed E-state index contributed by atoms with van der Waals surface area (Å²) < 4.78 is 6.96. The zero-order chi connectivity index (χ0) is 13.8. The first-order valence-corrected chi connectivity index (χ1v) is 8.03. The minimum absolute atomic E-state index is 0.570. The van der Waals surface area contributed by atoms with Gasteiger partial charge < -0.3 is 10.1 Å². The number of rotatable bonds is 6. The van der Waals surface area contributed by atoms with Gasteiger partial charge >= 0.3 is 0 Å². The van der Waals surface area contributed by atoms with Crippen molar-refractivity contribution in [2.75, 3.05) is 13.2 Å². The predicted octanol–water partition coefficient (Wildman–Crippen LogP) is 3.95. The van der Waals surface area contributed by atoms with Crippen molar-refractivity contribution in [3.8, 4) is 5.75 Å². The molecule has 1 atom stereocenters. The number of fused-ring (bicyclic) bond motifs is 1. The molecule has 1 N–H and O–H groups in total. The lowest BCUT2D eigenvalue weighted by atomic mass is 9.98. The average Bonchev–Trinajstić information content (AvgIpc) is 2.81. The molecule has 1 heterocycles. The molecule has 1 unspecified atom stereocenters. The van der Waals surface area contributed by atoms with Crippen LogP contribution in [0.1, 0.15) is 38.3 Å². The zero-order valence-corrected chi connectivity index (χ0v) is 13.7. The Bertz CT molecular complexity index is 431. The molecule has 0 saturated carbocycles. The van der Waals surface area contributed by atoms with Gasteiger partial charge in [-0.2, -0.15) is 0 Å². The maximum atomic E-state index is 5.78. The third kappa shape index (κ3) is 4.22. The highest BCUT2D eigenvalue weighted by Gasteiger charge is 2.17. The Hall–Kier alpha value is -0.540. The Morgan fingerprint density at radius 2 is 2.11 bits per heavy atom. The first kappa shape index (κ1) is 14.9. The van der Waals surface area contributed by atoms with Crippen molar-refractivity contribution in [3.05, 3.63) is 27.7 Å². The fraction of sp³-hybridized carbons (Fsp3) is 0.625. The summed E-state index contributed by atoms with van der Waals surface area (Å²) in [5.41, 5.74) is 2.72. The molecule has 0 aliphatic carbocycles. The van der Waals surface area contributed by atoms with E-state index in [1.807, 2.05) is 0 Å². The van der Waals surface area contributed by atoms with Crippen molar-refractivity contribution >= 4 is 15.9 Å². The lowest BCUT2D eigenvalue weighted by Crippen LogP contribution is -2.28. The molecular weight excluding hydrogens is 302 g/mol. The van der Waals surface area contributed by atoms with E-state index in [0.717, 1.165) is 31.7 Å². The van der Waals surface area contributed by atoms with Crippen molar-refractivity contribution in [1.29, 1.82) is 0 Å². The molecule has 0 spiro atoms. The maximum absolute atomic E-state index is 5.78. The SMILES string of the molecule is CC(CCc1cc(Br)cc2c1OCC2)CNC(C)C. The van der Waals surface area contributed by atoms with E-state index in [0.29, 0.717) is 12.0 Å². The third-order valence-corrected chi connectivity index (χ3v) is 4.06. The van der Waals surface area contributed by atoms with Gasteiger partial charge in [-0.15, -0.1) is 0 Å². The fourth-order valence-corrected chi connectivity index (χ4v) is 3.03. The molecule has 106 valence electrons. The van der Waals surface area contributed by atoms with Crippen LogP contribution < -0.4 is 10.1 Å². The second-order valence-electron chi connectivity index (χ2n) is 5.86. The molecule has 2 nitrogen and oxygen atoms in total. The number of benzene rings is 1. The molecule has 2 rings (SSSR count). The average molecular weight is 326 g/mol. The van der Waals surface area contributed by atoms with E-state index >= 15 is 0 Å². The van der Waals surface area contributed by atoms with Crippen LogP contribution in [0.2, 0.25) is 0 Å². The van der Waals surface area contributed by atoms with Crippen molar-refractivity contribution in [1.82, 2.24) is 5.32 Å². The van der Waals surface area contributed by atoms with Gasteiger partial charge in [-0.1, -0.05) is 36.7 Å². The Morgan fingerprint density at radius 1 is 1.32 bits per heavy atom. The highest BCUT2D eigenvalue weighted by atomic mass is 79.9. The lowest BCUT2D eigenvalue weighted by molar-refractivity contribution is 0.351. The van der Waals surface area contributed by atoms with Crippen LogP contribution in [0.4, 0.5) is 0 Å². The summed E-state index contributed by atoms with van der Waals surface area (Å²) >= 11 is 3.60. The lowest BCUT2D eigenvalue weighted by Gasteiger charge is -2.16. The van der Waals surface area contributed by atoms with Crippen molar-refractivity contribution in [3.63, 3.8) is 0 Å². The molecule has 0 bridgehead atoms. The fourth-order valence-electron chi connectivity index (χ4n) is 2.47. The molecule has 1 aliphatic heterocycles. The number of aryl methyl sites for hydroxylation is 1. The molecular formula is C16H24BrNO. The van der Waals surface area contributed by atoms with Crippen LogP contribution in [0.25, 0.3) is 0 Å². The highest BCUT2D eigenvalue weighted by Crippen LogP contribution is 2.34. The second-order valence-corrected chi connectivity index (χ2v) is 6.77. The van der Waals surface area contributed by atoms with Crippen LogP contribution in [-0.4, -0.2) is 19.2 Å². The van der Waals surface area contributed by atoms with E-state index in [-0.39, 0.29) is 0 Å². The monoisotopic (exact) mass is 325 g/mol. The molecule has 0 aromatic heterocycles. The molecule has 1 aliphatic rings. The number of hydrogen-bond acceptors (Lipinski definition) is 2. The Balaban J connectivity index is 1.93. The van der Waals surface area contributed by atoms with E-state index in [4.69, 9.17) is 4.74 Å². The quantitative estimate of drug-likeness (QED) is 0.855. The Morgan fingerprint density at radius 3 is 2.84 bits per heavy atom.